The molecule has 0 aliphatic carbocycles. The van der Waals surface area contributed by atoms with Crippen molar-refractivity contribution in [3.8, 4) is 11.8 Å². The Kier molecular flexibility index (Phi) is 9.20. The number of thioether (sulfide) groups is 1. The van der Waals surface area contributed by atoms with E-state index >= 15 is 0 Å². The second kappa shape index (κ2) is 12.7. The number of hydrogen-bond acceptors (Lipinski definition) is 6. The highest BCUT2D eigenvalue weighted by Gasteiger charge is 2.27. The van der Waals surface area contributed by atoms with E-state index in [0.29, 0.717) is 37.2 Å². The number of amides is 1. The van der Waals surface area contributed by atoms with Gasteiger partial charge in [-0.15, -0.1) is 11.3 Å². The molecule has 1 unspecified atom stereocenters. The van der Waals surface area contributed by atoms with Crippen LogP contribution in [0.15, 0.2) is 66.7 Å². The number of benzene rings is 2. The van der Waals surface area contributed by atoms with Gasteiger partial charge < -0.3 is 10.2 Å². The van der Waals surface area contributed by atoms with Gasteiger partial charge in [-0.2, -0.15) is 0 Å². The normalized spacial score (nSPS) is 14.8. The van der Waals surface area contributed by atoms with Gasteiger partial charge in [0.25, 0.3) is 5.24 Å². The summed E-state index contributed by atoms with van der Waals surface area (Å²) in [5.74, 6) is 6.14. The number of rotatable bonds is 9. The second-order valence-electron chi connectivity index (χ2n) is 8.48. The van der Waals surface area contributed by atoms with Gasteiger partial charge in [0, 0.05) is 47.8 Å². The molecule has 1 amide bonds. The van der Waals surface area contributed by atoms with E-state index in [0.717, 1.165) is 33.9 Å². The highest BCUT2D eigenvalue weighted by atomic mass is 32.2. The van der Waals surface area contributed by atoms with Crippen LogP contribution < -0.4 is 0 Å². The van der Waals surface area contributed by atoms with Crippen LogP contribution in [0.5, 0.6) is 0 Å². The zero-order valence-electron chi connectivity index (χ0n) is 19.8. The molecule has 3 aromatic rings. The van der Waals surface area contributed by atoms with E-state index in [2.05, 4.69) is 11.8 Å². The van der Waals surface area contributed by atoms with Crippen molar-refractivity contribution in [3.05, 3.63) is 93.2 Å². The van der Waals surface area contributed by atoms with Gasteiger partial charge in [0.05, 0.1) is 6.10 Å². The van der Waals surface area contributed by atoms with E-state index in [-0.39, 0.29) is 5.24 Å². The topological polar surface area (TPSA) is 81.1 Å². The number of aromatic carboxylic acids is 1. The Balaban J connectivity index is 1.30. The first-order valence-electron chi connectivity index (χ1n) is 11.8. The van der Waals surface area contributed by atoms with Crippen LogP contribution in [0.4, 0.5) is 4.79 Å². The molecule has 0 radical (unpaired) electrons. The first kappa shape index (κ1) is 26.0. The molecular weight excluding hydrogens is 492 g/mol. The van der Waals surface area contributed by atoms with Gasteiger partial charge >= 0.3 is 5.97 Å². The summed E-state index contributed by atoms with van der Waals surface area (Å²) in [5, 5.41) is 23.6. The Morgan fingerprint density at radius 2 is 1.78 bits per heavy atom. The lowest BCUT2D eigenvalue weighted by molar-refractivity contribution is 0.0148. The number of thiophene rings is 1. The summed E-state index contributed by atoms with van der Waals surface area (Å²) in [5.41, 5.74) is 2.90. The molecule has 2 heterocycles. The average molecular weight is 521 g/mol. The third-order valence-electron chi connectivity index (χ3n) is 5.81. The molecule has 2 aromatic carbocycles. The van der Waals surface area contributed by atoms with Gasteiger partial charge in [0.2, 0.25) is 0 Å². The number of hydrazine groups is 1. The molecule has 2 N–H and O–H groups in total. The molecule has 0 saturated carbocycles. The predicted molar refractivity (Wildman–Crippen MR) is 144 cm³/mol. The van der Waals surface area contributed by atoms with Crippen molar-refractivity contribution in [2.24, 2.45) is 0 Å². The van der Waals surface area contributed by atoms with Crippen LogP contribution in [-0.4, -0.2) is 62.9 Å². The minimum Gasteiger partial charge on any atom is -0.477 e. The van der Waals surface area contributed by atoms with Crippen LogP contribution >= 0.6 is 23.1 Å². The van der Waals surface area contributed by atoms with E-state index in [1.54, 1.807) is 11.1 Å². The van der Waals surface area contributed by atoms with E-state index in [4.69, 9.17) is 5.11 Å². The zero-order chi connectivity index (χ0) is 25.3. The number of carbonyl (C=O) groups is 2. The first-order chi connectivity index (χ1) is 17.5. The van der Waals surface area contributed by atoms with Gasteiger partial charge in [-0.1, -0.05) is 53.9 Å². The van der Waals surface area contributed by atoms with Crippen molar-refractivity contribution in [1.82, 2.24) is 10.0 Å². The number of carbonyl (C=O) groups excluding carboxylic acids is 1. The molecule has 0 bridgehead atoms. The molecule has 4 rings (SSSR count). The molecular formula is C28H28N2O4S2. The summed E-state index contributed by atoms with van der Waals surface area (Å²) in [6.07, 6.45) is 1.12. The number of carboxylic acids is 1. The minimum absolute atomic E-state index is 0.00422. The minimum atomic E-state index is -0.930. The monoisotopic (exact) mass is 520 g/mol. The van der Waals surface area contributed by atoms with Crippen molar-refractivity contribution < 1.29 is 19.8 Å². The van der Waals surface area contributed by atoms with Crippen LogP contribution in [-0.2, 0) is 12.8 Å². The highest BCUT2D eigenvalue weighted by molar-refractivity contribution is 8.13. The van der Waals surface area contributed by atoms with Crippen LogP contribution in [0.25, 0.3) is 0 Å². The largest absolute Gasteiger partial charge is 0.477 e. The van der Waals surface area contributed by atoms with Crippen LogP contribution in [0.1, 0.15) is 37.7 Å². The number of aliphatic hydroxyl groups excluding tert-OH is 1. The van der Waals surface area contributed by atoms with Crippen molar-refractivity contribution in [2.75, 3.05) is 25.4 Å². The van der Waals surface area contributed by atoms with Gasteiger partial charge in [-0.3, -0.25) is 9.80 Å². The molecule has 1 fully saturated rings. The standard InChI is InChI=1S/C28H28N2O4S2/c31-24(20-23-8-4-7-22(19-23)10-9-21-5-2-1-3-6-21)13-15-29-17-18-35-28(34)30(29)16-14-25-11-12-26(36-25)27(32)33/h1-8,11-12,19,24,31H,13-18,20H2,(H,32,33). The first-order valence-corrected chi connectivity index (χ1v) is 13.6. The van der Waals surface area contributed by atoms with E-state index in [1.165, 1.54) is 23.1 Å². The third kappa shape index (κ3) is 7.45. The highest BCUT2D eigenvalue weighted by Crippen LogP contribution is 2.22. The van der Waals surface area contributed by atoms with Crippen LogP contribution in [0, 0.1) is 11.8 Å². The quantitative estimate of drug-likeness (QED) is 0.396. The molecule has 1 saturated heterocycles. The van der Waals surface area contributed by atoms with E-state index < -0.39 is 12.1 Å². The molecule has 1 aliphatic rings. The van der Waals surface area contributed by atoms with Gasteiger partial charge in [0.1, 0.15) is 4.88 Å². The number of nitrogens with zero attached hydrogens (tertiary/aromatic N) is 2. The maximum Gasteiger partial charge on any atom is 0.345 e. The smallest absolute Gasteiger partial charge is 0.345 e. The summed E-state index contributed by atoms with van der Waals surface area (Å²) >= 11 is 2.54. The fraction of sp³-hybridized carbons (Fsp3) is 0.286. The van der Waals surface area contributed by atoms with Gasteiger partial charge in [0.15, 0.2) is 0 Å². The van der Waals surface area contributed by atoms with Crippen molar-refractivity contribution >= 4 is 34.3 Å². The number of carboxylic acid groups (broad SMARTS) is 1. The maximum absolute atomic E-state index is 12.6. The average Bonchev–Trinajstić information content (AvgIpc) is 3.36. The van der Waals surface area contributed by atoms with E-state index in [9.17, 15) is 14.7 Å². The Labute approximate surface area is 219 Å². The Hall–Kier alpha value is -3.09. The summed E-state index contributed by atoms with van der Waals surface area (Å²) < 4.78 is 0. The molecule has 186 valence electrons. The lowest BCUT2D eigenvalue weighted by Crippen LogP contribution is -2.51. The summed E-state index contributed by atoms with van der Waals surface area (Å²) in [4.78, 5) is 24.9. The van der Waals surface area contributed by atoms with Crippen molar-refractivity contribution in [1.29, 1.82) is 0 Å². The maximum atomic E-state index is 12.6. The fourth-order valence-electron chi connectivity index (χ4n) is 3.97. The Morgan fingerprint density at radius 1 is 1.00 bits per heavy atom. The SMILES string of the molecule is O=C(O)c1ccc(CCN2C(=O)SCCN2CCC(O)Cc2cccc(C#Cc3ccccc3)c2)s1. The van der Waals surface area contributed by atoms with Gasteiger partial charge in [-0.25, -0.2) is 9.80 Å². The molecule has 8 heteroatoms. The summed E-state index contributed by atoms with van der Waals surface area (Å²) in [6.45, 7) is 1.80. The molecule has 1 aliphatic heterocycles. The Morgan fingerprint density at radius 3 is 2.56 bits per heavy atom. The predicted octanol–water partition coefficient (Wildman–Crippen LogP) is 4.77. The number of hydrogen-bond donors (Lipinski definition) is 2. The lowest BCUT2D eigenvalue weighted by Gasteiger charge is -2.38. The molecule has 36 heavy (non-hydrogen) atoms. The molecule has 1 aromatic heterocycles. The molecule has 6 nitrogen and oxygen atoms in total. The van der Waals surface area contributed by atoms with Crippen molar-refractivity contribution in [3.63, 3.8) is 0 Å². The van der Waals surface area contributed by atoms with Crippen LogP contribution in [0.2, 0.25) is 0 Å². The van der Waals surface area contributed by atoms with Crippen molar-refractivity contribution in [2.45, 2.75) is 25.4 Å². The lowest BCUT2D eigenvalue weighted by atomic mass is 10.0. The van der Waals surface area contributed by atoms with Gasteiger partial charge in [-0.05, 0) is 54.8 Å². The molecule has 1 atom stereocenters. The zero-order valence-corrected chi connectivity index (χ0v) is 21.4. The van der Waals surface area contributed by atoms with E-state index in [1.807, 2.05) is 65.7 Å². The van der Waals surface area contributed by atoms with Crippen LogP contribution in [0.3, 0.4) is 0 Å². The fourth-order valence-corrected chi connectivity index (χ4v) is 5.64. The summed E-state index contributed by atoms with van der Waals surface area (Å²) in [7, 11) is 0. The second-order valence-corrected chi connectivity index (χ2v) is 10.7. The third-order valence-corrected chi connectivity index (χ3v) is 7.79. The number of aliphatic hydroxyl groups is 1. The molecule has 0 spiro atoms. The Bertz CT molecular complexity index is 1250. The summed E-state index contributed by atoms with van der Waals surface area (Å²) in [6, 6.07) is 21.2.